The van der Waals surface area contributed by atoms with E-state index in [1.165, 1.54) is 6.08 Å². The molecule has 1 N–H and O–H groups in total. The van der Waals surface area contributed by atoms with Gasteiger partial charge in [-0.15, -0.1) is 0 Å². The highest BCUT2D eigenvalue weighted by atomic mass is 16.4. The van der Waals surface area contributed by atoms with E-state index in [9.17, 15) is 4.79 Å². The second kappa shape index (κ2) is 3.21. The fourth-order valence-electron chi connectivity index (χ4n) is 0.831. The van der Waals surface area contributed by atoms with Crippen LogP contribution in [0.15, 0.2) is 12.3 Å². The van der Waals surface area contributed by atoms with Gasteiger partial charge in [0.1, 0.15) is 5.82 Å². The molecule has 0 spiro atoms. The van der Waals surface area contributed by atoms with Gasteiger partial charge >= 0.3 is 5.97 Å². The molecule has 1 heterocycles. The molecule has 4 nitrogen and oxygen atoms in total. The molecule has 12 heavy (non-hydrogen) atoms. The fourth-order valence-corrected chi connectivity index (χ4v) is 0.831. The van der Waals surface area contributed by atoms with Gasteiger partial charge in [-0.05, 0) is 13.0 Å². The standard InChI is InChI=1S/C8H10N2O2/c1-6-9-5-7(10(6)2)3-4-8(11)12/h3-5H,1-2H3,(H,11,12). The van der Waals surface area contributed by atoms with E-state index in [-0.39, 0.29) is 0 Å². The molecule has 0 atom stereocenters. The molecule has 4 heteroatoms. The van der Waals surface area contributed by atoms with Crippen LogP contribution in [0.1, 0.15) is 11.5 Å². The molecule has 1 rings (SSSR count). The van der Waals surface area contributed by atoms with E-state index in [1.807, 2.05) is 18.5 Å². The normalized spacial score (nSPS) is 10.8. The zero-order chi connectivity index (χ0) is 9.14. The second-order valence-corrected chi connectivity index (χ2v) is 2.46. The first-order valence-corrected chi connectivity index (χ1v) is 3.50. The molecule has 0 aliphatic rings. The van der Waals surface area contributed by atoms with Crippen molar-refractivity contribution in [3.05, 3.63) is 23.8 Å². The van der Waals surface area contributed by atoms with Gasteiger partial charge in [-0.2, -0.15) is 0 Å². The van der Waals surface area contributed by atoms with Gasteiger partial charge in [0, 0.05) is 13.1 Å². The Bertz CT molecular complexity index is 326. The Kier molecular flexibility index (Phi) is 2.28. The molecule has 1 aromatic rings. The number of carboxylic acid groups (broad SMARTS) is 1. The van der Waals surface area contributed by atoms with Crippen molar-refractivity contribution in [2.75, 3.05) is 0 Å². The van der Waals surface area contributed by atoms with Crippen LogP contribution in [0.5, 0.6) is 0 Å². The summed E-state index contributed by atoms with van der Waals surface area (Å²) in [5.41, 5.74) is 0.787. The van der Waals surface area contributed by atoms with Gasteiger partial charge in [0.15, 0.2) is 0 Å². The molecule has 0 saturated heterocycles. The smallest absolute Gasteiger partial charge is 0.328 e. The summed E-state index contributed by atoms with van der Waals surface area (Å²) in [7, 11) is 1.84. The molecule has 0 unspecified atom stereocenters. The first-order valence-electron chi connectivity index (χ1n) is 3.50. The third-order valence-electron chi connectivity index (χ3n) is 1.65. The summed E-state index contributed by atoms with van der Waals surface area (Å²) in [6.07, 6.45) is 4.24. The lowest BCUT2D eigenvalue weighted by Gasteiger charge is -1.95. The predicted molar refractivity (Wildman–Crippen MR) is 44.6 cm³/mol. The number of carboxylic acids is 1. The van der Waals surface area contributed by atoms with Crippen molar-refractivity contribution in [1.82, 2.24) is 9.55 Å². The third kappa shape index (κ3) is 1.72. The number of imidazole rings is 1. The van der Waals surface area contributed by atoms with Gasteiger partial charge in [0.2, 0.25) is 0 Å². The summed E-state index contributed by atoms with van der Waals surface area (Å²) in [5.74, 6) is -0.0890. The SMILES string of the molecule is Cc1ncc(C=CC(=O)O)n1C. The lowest BCUT2D eigenvalue weighted by atomic mass is 10.4. The van der Waals surface area contributed by atoms with Crippen molar-refractivity contribution in [2.45, 2.75) is 6.92 Å². The quantitative estimate of drug-likeness (QED) is 0.662. The van der Waals surface area contributed by atoms with Gasteiger partial charge in [0.05, 0.1) is 11.9 Å². The van der Waals surface area contributed by atoms with Crippen LogP contribution in [0.4, 0.5) is 0 Å². The maximum absolute atomic E-state index is 10.2. The van der Waals surface area contributed by atoms with Crippen LogP contribution in [-0.2, 0) is 11.8 Å². The molecule has 0 aliphatic carbocycles. The molecule has 1 aromatic heterocycles. The van der Waals surface area contributed by atoms with Gasteiger partial charge < -0.3 is 9.67 Å². The van der Waals surface area contributed by atoms with E-state index < -0.39 is 5.97 Å². The summed E-state index contributed by atoms with van der Waals surface area (Å²) < 4.78 is 1.82. The van der Waals surface area contributed by atoms with E-state index in [1.54, 1.807) is 6.20 Å². The number of hydrogen-bond acceptors (Lipinski definition) is 2. The van der Waals surface area contributed by atoms with Crippen molar-refractivity contribution in [2.24, 2.45) is 7.05 Å². The van der Waals surface area contributed by atoms with Crippen molar-refractivity contribution >= 4 is 12.0 Å². The highest BCUT2D eigenvalue weighted by Gasteiger charge is 1.97. The number of aliphatic carboxylic acids is 1. The van der Waals surface area contributed by atoms with E-state index in [2.05, 4.69) is 4.98 Å². The Balaban J connectivity index is 2.90. The molecule has 0 bridgehead atoms. The Hall–Kier alpha value is -1.58. The maximum Gasteiger partial charge on any atom is 0.328 e. The minimum Gasteiger partial charge on any atom is -0.478 e. The van der Waals surface area contributed by atoms with Crippen molar-refractivity contribution < 1.29 is 9.90 Å². The van der Waals surface area contributed by atoms with E-state index >= 15 is 0 Å². The summed E-state index contributed by atoms with van der Waals surface area (Å²) in [5, 5.41) is 8.36. The van der Waals surface area contributed by atoms with Crippen LogP contribution in [-0.4, -0.2) is 20.6 Å². The number of aromatic nitrogens is 2. The Morgan fingerprint density at radius 3 is 2.83 bits per heavy atom. The zero-order valence-electron chi connectivity index (χ0n) is 6.98. The van der Waals surface area contributed by atoms with Crippen LogP contribution in [0.2, 0.25) is 0 Å². The average Bonchev–Trinajstić information content (AvgIpc) is 2.30. The fraction of sp³-hybridized carbons (Fsp3) is 0.250. The molecule has 0 saturated carbocycles. The number of aryl methyl sites for hydroxylation is 1. The van der Waals surface area contributed by atoms with E-state index in [4.69, 9.17) is 5.11 Å². The van der Waals surface area contributed by atoms with Gasteiger partial charge in [-0.1, -0.05) is 0 Å². The molecule has 0 fully saturated rings. The summed E-state index contributed by atoms with van der Waals surface area (Å²) in [6, 6.07) is 0. The van der Waals surface area contributed by atoms with E-state index in [0.717, 1.165) is 17.6 Å². The summed E-state index contributed by atoms with van der Waals surface area (Å²) in [4.78, 5) is 14.2. The highest BCUT2D eigenvalue weighted by molar-refractivity contribution is 5.84. The largest absolute Gasteiger partial charge is 0.478 e. The molecule has 0 radical (unpaired) electrons. The number of hydrogen-bond donors (Lipinski definition) is 1. The molecule has 64 valence electrons. The Labute approximate surface area is 70.2 Å². The topological polar surface area (TPSA) is 55.1 Å². The number of rotatable bonds is 2. The zero-order valence-corrected chi connectivity index (χ0v) is 6.98. The minimum absolute atomic E-state index is 0.787. The monoisotopic (exact) mass is 166 g/mol. The molecule has 0 aliphatic heterocycles. The second-order valence-electron chi connectivity index (χ2n) is 2.46. The molecular weight excluding hydrogens is 156 g/mol. The Morgan fingerprint density at radius 2 is 2.42 bits per heavy atom. The lowest BCUT2D eigenvalue weighted by Crippen LogP contribution is -1.94. The minimum atomic E-state index is -0.950. The first-order chi connectivity index (χ1) is 5.61. The molecular formula is C8H10N2O2. The van der Waals surface area contributed by atoms with Crippen molar-refractivity contribution in [1.29, 1.82) is 0 Å². The summed E-state index contributed by atoms with van der Waals surface area (Å²) >= 11 is 0. The molecule has 0 aromatic carbocycles. The average molecular weight is 166 g/mol. The van der Waals surface area contributed by atoms with Crippen molar-refractivity contribution in [3.63, 3.8) is 0 Å². The Morgan fingerprint density at radius 1 is 1.75 bits per heavy atom. The van der Waals surface area contributed by atoms with Crippen LogP contribution in [0, 0.1) is 6.92 Å². The van der Waals surface area contributed by atoms with Gasteiger partial charge in [-0.25, -0.2) is 9.78 Å². The highest BCUT2D eigenvalue weighted by Crippen LogP contribution is 2.03. The first kappa shape index (κ1) is 8.52. The number of carbonyl (C=O) groups is 1. The number of nitrogens with zero attached hydrogens (tertiary/aromatic N) is 2. The predicted octanol–water partition coefficient (Wildman–Crippen LogP) is 0.826. The van der Waals surface area contributed by atoms with Gasteiger partial charge in [-0.3, -0.25) is 0 Å². The van der Waals surface area contributed by atoms with Crippen LogP contribution in [0.3, 0.4) is 0 Å². The summed E-state index contributed by atoms with van der Waals surface area (Å²) in [6.45, 7) is 1.86. The maximum atomic E-state index is 10.2. The van der Waals surface area contributed by atoms with Crippen LogP contribution >= 0.6 is 0 Å². The van der Waals surface area contributed by atoms with E-state index in [0.29, 0.717) is 0 Å². The van der Waals surface area contributed by atoms with Crippen LogP contribution < -0.4 is 0 Å². The lowest BCUT2D eigenvalue weighted by molar-refractivity contribution is -0.131. The van der Waals surface area contributed by atoms with Gasteiger partial charge in [0.25, 0.3) is 0 Å². The third-order valence-corrected chi connectivity index (χ3v) is 1.65. The van der Waals surface area contributed by atoms with Crippen LogP contribution in [0.25, 0.3) is 6.08 Å². The molecule has 0 amide bonds. The van der Waals surface area contributed by atoms with Crippen molar-refractivity contribution in [3.8, 4) is 0 Å².